The van der Waals surface area contributed by atoms with Gasteiger partial charge in [0, 0.05) is 29.4 Å². The van der Waals surface area contributed by atoms with E-state index in [0.717, 1.165) is 24.2 Å². The molecule has 5 heteroatoms. The summed E-state index contributed by atoms with van der Waals surface area (Å²) >= 11 is 6.23. The molecule has 19 heavy (non-hydrogen) atoms. The first-order valence-electron chi connectivity index (χ1n) is 6.24. The van der Waals surface area contributed by atoms with Crippen LogP contribution in [0, 0.1) is 5.41 Å². The zero-order chi connectivity index (χ0) is 13.8. The lowest BCUT2D eigenvalue weighted by molar-refractivity contribution is 0.705. The van der Waals surface area contributed by atoms with Gasteiger partial charge in [-0.3, -0.25) is 5.41 Å². The molecule has 3 N–H and O–H groups in total. The van der Waals surface area contributed by atoms with E-state index in [4.69, 9.17) is 22.7 Å². The Bertz CT molecular complexity index is 589. The molecule has 0 saturated heterocycles. The van der Waals surface area contributed by atoms with Gasteiger partial charge in [0.2, 0.25) is 0 Å². The smallest absolute Gasteiger partial charge is 0.122 e. The SMILES string of the molecule is CCCc1nccn1Cc1ccc(C(=N)N)cc1Cl. The summed E-state index contributed by atoms with van der Waals surface area (Å²) in [6.45, 7) is 2.82. The Morgan fingerprint density at radius 1 is 1.47 bits per heavy atom. The first kappa shape index (κ1) is 13.6. The highest BCUT2D eigenvalue weighted by Crippen LogP contribution is 2.19. The molecule has 0 aliphatic heterocycles. The quantitative estimate of drug-likeness (QED) is 0.651. The Balaban J connectivity index is 2.23. The van der Waals surface area contributed by atoms with E-state index in [-0.39, 0.29) is 5.84 Å². The number of nitrogens with zero attached hydrogens (tertiary/aromatic N) is 2. The van der Waals surface area contributed by atoms with E-state index in [2.05, 4.69) is 16.5 Å². The molecule has 0 aliphatic carbocycles. The summed E-state index contributed by atoms with van der Waals surface area (Å²) in [5.41, 5.74) is 7.09. The van der Waals surface area contributed by atoms with Crippen LogP contribution in [-0.4, -0.2) is 15.4 Å². The third kappa shape index (κ3) is 3.15. The van der Waals surface area contributed by atoms with Crippen LogP contribution in [0.25, 0.3) is 0 Å². The summed E-state index contributed by atoms with van der Waals surface area (Å²) in [7, 11) is 0. The number of amidine groups is 1. The summed E-state index contributed by atoms with van der Waals surface area (Å²) in [4.78, 5) is 4.34. The molecule has 1 aromatic carbocycles. The normalized spacial score (nSPS) is 10.6. The van der Waals surface area contributed by atoms with Crippen LogP contribution in [0.5, 0.6) is 0 Å². The average molecular weight is 277 g/mol. The molecule has 100 valence electrons. The third-order valence-corrected chi connectivity index (χ3v) is 3.33. The van der Waals surface area contributed by atoms with Gasteiger partial charge in [0.05, 0.1) is 6.54 Å². The van der Waals surface area contributed by atoms with Crippen molar-refractivity contribution in [3.63, 3.8) is 0 Å². The number of benzene rings is 1. The molecule has 0 aliphatic rings. The number of nitrogens with two attached hydrogens (primary N) is 1. The highest BCUT2D eigenvalue weighted by atomic mass is 35.5. The second-order valence-corrected chi connectivity index (χ2v) is 4.85. The van der Waals surface area contributed by atoms with Crippen LogP contribution < -0.4 is 5.73 Å². The van der Waals surface area contributed by atoms with Crippen molar-refractivity contribution in [1.29, 1.82) is 5.41 Å². The van der Waals surface area contributed by atoms with Crippen LogP contribution in [0.4, 0.5) is 0 Å². The fourth-order valence-electron chi connectivity index (χ4n) is 1.96. The molecule has 4 nitrogen and oxygen atoms in total. The molecule has 0 radical (unpaired) electrons. The Hall–Kier alpha value is -1.81. The lowest BCUT2D eigenvalue weighted by Crippen LogP contribution is -2.11. The Morgan fingerprint density at radius 2 is 2.26 bits per heavy atom. The van der Waals surface area contributed by atoms with E-state index in [1.165, 1.54) is 0 Å². The molecule has 1 aromatic heterocycles. The summed E-state index contributed by atoms with van der Waals surface area (Å²) in [5.74, 6) is 1.09. The maximum atomic E-state index is 7.39. The van der Waals surface area contributed by atoms with Crippen LogP contribution >= 0.6 is 11.6 Å². The molecular weight excluding hydrogens is 260 g/mol. The molecule has 0 saturated carbocycles. The van der Waals surface area contributed by atoms with E-state index in [1.807, 2.05) is 24.5 Å². The molecule has 0 unspecified atom stereocenters. The van der Waals surface area contributed by atoms with Gasteiger partial charge < -0.3 is 10.3 Å². The molecule has 2 rings (SSSR count). The predicted octanol–water partition coefficient (Wildman–Crippen LogP) is 2.82. The Labute approximate surface area is 117 Å². The number of imidazole rings is 1. The van der Waals surface area contributed by atoms with Gasteiger partial charge in [-0.25, -0.2) is 4.98 Å². The second kappa shape index (κ2) is 5.89. The van der Waals surface area contributed by atoms with Crippen LogP contribution in [0.15, 0.2) is 30.6 Å². The fourth-order valence-corrected chi connectivity index (χ4v) is 2.20. The van der Waals surface area contributed by atoms with Crippen molar-refractivity contribution in [2.75, 3.05) is 0 Å². The van der Waals surface area contributed by atoms with Gasteiger partial charge in [0.1, 0.15) is 11.7 Å². The molecule has 2 aromatic rings. The topological polar surface area (TPSA) is 67.7 Å². The highest BCUT2D eigenvalue weighted by Gasteiger charge is 2.07. The number of hydrogen-bond donors (Lipinski definition) is 2. The monoisotopic (exact) mass is 276 g/mol. The standard InChI is InChI=1S/C14H17ClN4/c1-2-3-13-18-6-7-19(13)9-11-5-4-10(14(16)17)8-12(11)15/h4-8H,2-3,9H2,1H3,(H3,16,17). The van der Waals surface area contributed by atoms with E-state index < -0.39 is 0 Å². The van der Waals surface area contributed by atoms with E-state index in [0.29, 0.717) is 17.1 Å². The second-order valence-electron chi connectivity index (χ2n) is 4.44. The summed E-state index contributed by atoms with van der Waals surface area (Å²) in [6, 6.07) is 5.46. The highest BCUT2D eigenvalue weighted by molar-refractivity contribution is 6.31. The number of aryl methyl sites for hydroxylation is 1. The van der Waals surface area contributed by atoms with Crippen molar-refractivity contribution in [3.8, 4) is 0 Å². The zero-order valence-electron chi connectivity index (χ0n) is 10.9. The van der Waals surface area contributed by atoms with Crippen LogP contribution in [0.2, 0.25) is 5.02 Å². The van der Waals surface area contributed by atoms with Gasteiger partial charge in [-0.1, -0.05) is 30.7 Å². The Kier molecular flexibility index (Phi) is 4.22. The van der Waals surface area contributed by atoms with E-state index in [1.54, 1.807) is 6.07 Å². The van der Waals surface area contributed by atoms with Crippen molar-refractivity contribution < 1.29 is 0 Å². The summed E-state index contributed by atoms with van der Waals surface area (Å²) in [5, 5.41) is 8.02. The molecule has 0 bridgehead atoms. The Morgan fingerprint density at radius 3 is 2.89 bits per heavy atom. The van der Waals surface area contributed by atoms with E-state index >= 15 is 0 Å². The number of rotatable bonds is 5. The average Bonchev–Trinajstić information content (AvgIpc) is 2.79. The minimum atomic E-state index is 0.0303. The zero-order valence-corrected chi connectivity index (χ0v) is 11.6. The number of hydrogen-bond acceptors (Lipinski definition) is 2. The maximum Gasteiger partial charge on any atom is 0.122 e. The molecule has 0 atom stereocenters. The summed E-state index contributed by atoms with van der Waals surface area (Å²) in [6.07, 6.45) is 5.78. The molecule has 0 amide bonds. The lowest BCUT2D eigenvalue weighted by Gasteiger charge is -2.10. The van der Waals surface area contributed by atoms with Crippen LogP contribution in [0.1, 0.15) is 30.3 Å². The predicted molar refractivity (Wildman–Crippen MR) is 77.8 cm³/mol. The van der Waals surface area contributed by atoms with E-state index in [9.17, 15) is 0 Å². The van der Waals surface area contributed by atoms with Gasteiger partial charge in [-0.15, -0.1) is 0 Å². The molecular formula is C14H17ClN4. The number of nitrogen functional groups attached to an aromatic ring is 1. The molecule has 1 heterocycles. The minimum absolute atomic E-state index is 0.0303. The summed E-state index contributed by atoms with van der Waals surface area (Å²) < 4.78 is 2.10. The van der Waals surface area contributed by atoms with Crippen molar-refractivity contribution in [2.24, 2.45) is 5.73 Å². The van der Waals surface area contributed by atoms with Crippen molar-refractivity contribution >= 4 is 17.4 Å². The van der Waals surface area contributed by atoms with Gasteiger partial charge in [-0.05, 0) is 18.1 Å². The van der Waals surface area contributed by atoms with Crippen LogP contribution in [-0.2, 0) is 13.0 Å². The van der Waals surface area contributed by atoms with Crippen molar-refractivity contribution in [3.05, 3.63) is 52.6 Å². The van der Waals surface area contributed by atoms with Gasteiger partial charge in [0.25, 0.3) is 0 Å². The van der Waals surface area contributed by atoms with Crippen LogP contribution in [0.3, 0.4) is 0 Å². The molecule has 0 fully saturated rings. The van der Waals surface area contributed by atoms with Gasteiger partial charge in [0.15, 0.2) is 0 Å². The largest absolute Gasteiger partial charge is 0.384 e. The number of aromatic nitrogens is 2. The van der Waals surface area contributed by atoms with Gasteiger partial charge in [-0.2, -0.15) is 0 Å². The number of halogens is 1. The third-order valence-electron chi connectivity index (χ3n) is 2.98. The minimum Gasteiger partial charge on any atom is -0.384 e. The van der Waals surface area contributed by atoms with Crippen molar-refractivity contribution in [2.45, 2.75) is 26.3 Å². The molecule has 0 spiro atoms. The maximum absolute atomic E-state index is 7.39. The number of nitrogens with one attached hydrogen (secondary N) is 1. The first-order valence-corrected chi connectivity index (χ1v) is 6.62. The first-order chi connectivity index (χ1) is 9.11. The van der Waals surface area contributed by atoms with Crippen molar-refractivity contribution in [1.82, 2.24) is 9.55 Å². The fraction of sp³-hybridized carbons (Fsp3) is 0.286. The lowest BCUT2D eigenvalue weighted by atomic mass is 10.1. The van der Waals surface area contributed by atoms with Gasteiger partial charge >= 0.3 is 0 Å².